The molecule has 2 rings (SSSR count). The van der Waals surface area contributed by atoms with Crippen molar-refractivity contribution in [2.45, 2.75) is 24.7 Å². The number of alkyl halides is 6. The first-order chi connectivity index (χ1) is 14.3. The van der Waals surface area contributed by atoms with Crippen molar-refractivity contribution in [3.8, 4) is 0 Å². The zero-order chi connectivity index (χ0) is 23.4. The maximum atomic E-state index is 13.5. The summed E-state index contributed by atoms with van der Waals surface area (Å²) in [6.45, 7) is 0. The molecule has 0 bridgehead atoms. The van der Waals surface area contributed by atoms with Gasteiger partial charge in [-0.25, -0.2) is 4.39 Å². The van der Waals surface area contributed by atoms with Crippen molar-refractivity contribution in [2.75, 3.05) is 11.5 Å². The zero-order valence-electron chi connectivity index (χ0n) is 15.4. The lowest BCUT2D eigenvalue weighted by Crippen LogP contribution is -2.19. The van der Waals surface area contributed by atoms with Crippen LogP contribution in [0.4, 0.5) is 30.7 Å². The first-order valence-electron chi connectivity index (χ1n) is 8.60. The molecule has 31 heavy (non-hydrogen) atoms. The van der Waals surface area contributed by atoms with E-state index in [0.717, 1.165) is 35.5 Å². The van der Waals surface area contributed by atoms with Crippen molar-refractivity contribution in [1.29, 1.82) is 0 Å². The van der Waals surface area contributed by atoms with E-state index in [-0.39, 0.29) is 11.3 Å². The van der Waals surface area contributed by atoms with Crippen LogP contribution in [0, 0.1) is 5.82 Å². The normalized spacial score (nSPS) is 13.7. The number of benzene rings is 2. The van der Waals surface area contributed by atoms with Crippen molar-refractivity contribution in [1.82, 2.24) is 0 Å². The van der Waals surface area contributed by atoms with Gasteiger partial charge in [0, 0.05) is 4.47 Å². The highest BCUT2D eigenvalue weighted by molar-refractivity contribution is 9.10. The van der Waals surface area contributed by atoms with Crippen LogP contribution in [-0.2, 0) is 6.42 Å². The van der Waals surface area contributed by atoms with E-state index in [1.165, 1.54) is 6.08 Å². The summed E-state index contributed by atoms with van der Waals surface area (Å²) in [4.78, 5) is 0. The zero-order valence-corrected chi connectivity index (χ0v) is 19.3. The van der Waals surface area contributed by atoms with Crippen LogP contribution < -0.4 is 0 Å². The molecule has 0 fully saturated rings. The molecule has 0 N–H and O–H groups in total. The van der Waals surface area contributed by atoms with E-state index < -0.39 is 39.9 Å². The van der Waals surface area contributed by atoms with Crippen LogP contribution in [0.25, 0.3) is 6.08 Å². The Morgan fingerprint density at radius 3 is 2.13 bits per heavy atom. The molecule has 0 heterocycles. The molecule has 0 nitrogen and oxygen atoms in total. The highest BCUT2D eigenvalue weighted by Gasteiger charge is 2.39. The summed E-state index contributed by atoms with van der Waals surface area (Å²) in [5.74, 6) is -3.76. The monoisotopic (exact) mass is 568 g/mol. The quantitative estimate of drug-likeness (QED) is 0.182. The summed E-state index contributed by atoms with van der Waals surface area (Å²) in [6.07, 6.45) is -6.39. The molecule has 0 aromatic heterocycles. The largest absolute Gasteiger partial charge is 0.399 e. The van der Waals surface area contributed by atoms with E-state index in [0.29, 0.717) is 16.5 Å². The molecule has 0 aliphatic carbocycles. The molecule has 0 radical (unpaired) electrons. The van der Waals surface area contributed by atoms with Crippen LogP contribution in [0.1, 0.15) is 22.6 Å². The van der Waals surface area contributed by atoms with Gasteiger partial charge in [0.1, 0.15) is 0 Å². The first kappa shape index (κ1) is 26.4. The maximum Gasteiger partial charge on any atom is 0.399 e. The molecule has 11 heteroatoms. The third kappa shape index (κ3) is 8.18. The van der Waals surface area contributed by atoms with Crippen LogP contribution in [0.5, 0.6) is 0 Å². The van der Waals surface area contributed by atoms with E-state index in [9.17, 15) is 30.7 Å². The molecule has 0 saturated heterocycles. The molecule has 1 atom stereocenters. The van der Waals surface area contributed by atoms with E-state index in [1.54, 1.807) is 18.2 Å². The van der Waals surface area contributed by atoms with E-state index in [2.05, 4.69) is 15.9 Å². The predicted molar refractivity (Wildman–Crippen MR) is 115 cm³/mol. The van der Waals surface area contributed by atoms with Gasteiger partial charge in [0.2, 0.25) is 0 Å². The van der Waals surface area contributed by atoms with Gasteiger partial charge in [-0.1, -0.05) is 63.4 Å². The Morgan fingerprint density at radius 1 is 1.00 bits per heavy atom. The second-order valence-corrected chi connectivity index (χ2v) is 9.22. The van der Waals surface area contributed by atoms with Crippen LogP contribution in [0.15, 0.2) is 40.9 Å². The van der Waals surface area contributed by atoms with Crippen LogP contribution in [0.2, 0.25) is 10.0 Å². The fourth-order valence-corrected chi connectivity index (χ4v) is 4.45. The van der Waals surface area contributed by atoms with Gasteiger partial charge in [-0.15, -0.1) is 0 Å². The van der Waals surface area contributed by atoms with Crippen LogP contribution in [-0.4, -0.2) is 23.9 Å². The summed E-state index contributed by atoms with van der Waals surface area (Å²) in [7, 11) is 0. The van der Waals surface area contributed by atoms with Crippen molar-refractivity contribution in [3.05, 3.63) is 73.4 Å². The second-order valence-electron chi connectivity index (χ2n) is 6.45. The number of thioether (sulfide) groups is 1. The van der Waals surface area contributed by atoms with E-state index in [4.69, 9.17) is 23.2 Å². The van der Waals surface area contributed by atoms with Crippen molar-refractivity contribution < 1.29 is 30.7 Å². The van der Waals surface area contributed by atoms with E-state index >= 15 is 0 Å². The molecule has 0 aliphatic rings. The molecule has 1 unspecified atom stereocenters. The van der Waals surface area contributed by atoms with Crippen LogP contribution >= 0.6 is 50.9 Å². The molecule has 0 amide bonds. The molecular weight excluding hydrogens is 556 g/mol. The Hall–Kier alpha value is -0.900. The fourth-order valence-electron chi connectivity index (χ4n) is 2.61. The van der Waals surface area contributed by atoms with Gasteiger partial charge in [-0.05, 0) is 47.1 Å². The summed E-state index contributed by atoms with van der Waals surface area (Å²) >= 11 is 15.3. The lowest BCUT2D eigenvalue weighted by molar-refractivity contribution is -0.139. The third-order valence-corrected chi connectivity index (χ3v) is 6.37. The number of rotatable bonds is 7. The standard InChI is InChI=1S/C20H14BrCl2F7S/c21-15-7-11(1-3-12(15)5-6-31-10-19(25,26)27)2-4-14(20(28,29)30)13-8-16(22)18(24)17(23)9-13/h1-4,7-9,14H,5-6,10H2/b4-2+. The average Bonchev–Trinajstić information content (AvgIpc) is 2.62. The highest BCUT2D eigenvalue weighted by atomic mass is 79.9. The Labute approximate surface area is 196 Å². The Bertz CT molecular complexity index is 919. The fraction of sp³-hybridized carbons (Fsp3) is 0.300. The molecular formula is C20H14BrCl2F7S. The van der Waals surface area contributed by atoms with Gasteiger partial charge in [-0.3, -0.25) is 0 Å². The first-order valence-corrected chi connectivity index (χ1v) is 11.3. The minimum absolute atomic E-state index is 0.246. The lowest BCUT2D eigenvalue weighted by Gasteiger charge is -2.18. The van der Waals surface area contributed by atoms with Crippen molar-refractivity contribution in [3.63, 3.8) is 0 Å². The molecule has 2 aromatic carbocycles. The Kier molecular flexibility index (Phi) is 9.19. The topological polar surface area (TPSA) is 0 Å². The minimum atomic E-state index is -4.67. The predicted octanol–water partition coefficient (Wildman–Crippen LogP) is 9.09. The van der Waals surface area contributed by atoms with E-state index in [1.807, 2.05) is 0 Å². The number of allylic oxidation sites excluding steroid dienone is 1. The maximum absolute atomic E-state index is 13.5. The van der Waals surface area contributed by atoms with Gasteiger partial charge in [-0.2, -0.15) is 38.1 Å². The average molecular weight is 570 g/mol. The number of hydrogen-bond donors (Lipinski definition) is 0. The van der Waals surface area contributed by atoms with Gasteiger partial charge >= 0.3 is 12.4 Å². The molecule has 0 saturated carbocycles. The molecule has 0 aliphatic heterocycles. The number of halogens is 10. The van der Waals surface area contributed by atoms with Gasteiger partial charge in [0.25, 0.3) is 0 Å². The molecule has 170 valence electrons. The summed E-state index contributed by atoms with van der Waals surface area (Å²) in [6, 6.07) is 6.51. The van der Waals surface area contributed by atoms with Gasteiger partial charge < -0.3 is 0 Å². The van der Waals surface area contributed by atoms with Gasteiger partial charge in [0.05, 0.1) is 21.7 Å². The molecule has 0 spiro atoms. The van der Waals surface area contributed by atoms with Crippen molar-refractivity contribution in [2.24, 2.45) is 0 Å². The van der Waals surface area contributed by atoms with Gasteiger partial charge in [0.15, 0.2) is 5.82 Å². The Morgan fingerprint density at radius 2 is 1.61 bits per heavy atom. The van der Waals surface area contributed by atoms with Crippen LogP contribution in [0.3, 0.4) is 0 Å². The SMILES string of the molecule is Fc1c(Cl)cc(C(/C=C/c2ccc(CCSCC(F)(F)F)c(Br)c2)C(F)(F)F)cc1Cl. The third-order valence-electron chi connectivity index (χ3n) is 4.06. The lowest BCUT2D eigenvalue weighted by atomic mass is 9.96. The number of hydrogen-bond acceptors (Lipinski definition) is 1. The second kappa shape index (κ2) is 10.8. The summed E-state index contributed by atoms with van der Waals surface area (Å²) in [5.41, 5.74) is 0.862. The Balaban J connectivity index is 2.17. The highest BCUT2D eigenvalue weighted by Crippen LogP contribution is 2.39. The smallest absolute Gasteiger partial charge is 0.204 e. The van der Waals surface area contributed by atoms with Crippen molar-refractivity contribution >= 4 is 57.0 Å². The number of aryl methyl sites for hydroxylation is 1. The summed E-state index contributed by atoms with van der Waals surface area (Å²) in [5, 5.41) is -1.03. The molecule has 2 aromatic rings. The minimum Gasteiger partial charge on any atom is -0.204 e. The summed E-state index contributed by atoms with van der Waals surface area (Å²) < 4.78 is 91.3.